The highest BCUT2D eigenvalue weighted by Gasteiger charge is 2.34. The maximum absolute atomic E-state index is 12.7. The Labute approximate surface area is 178 Å². The van der Waals surface area contributed by atoms with E-state index < -0.39 is 5.91 Å². The van der Waals surface area contributed by atoms with Crippen LogP contribution in [-0.2, 0) is 9.59 Å². The zero-order chi connectivity index (χ0) is 21.3. The number of hydrogen-bond acceptors (Lipinski definition) is 5. The number of benzene rings is 2. The molecule has 0 bridgehead atoms. The number of ether oxygens (including phenoxy) is 1. The number of para-hydroxylation sites is 1. The lowest BCUT2D eigenvalue weighted by Gasteiger charge is -2.18. The first kappa shape index (κ1) is 20.0. The number of nitrogens with zero attached hydrogens (tertiary/aromatic N) is 2. The molecule has 0 saturated carbocycles. The molecule has 0 spiro atoms. The zero-order valence-corrected chi connectivity index (χ0v) is 17.5. The molecule has 1 aromatic heterocycles. The van der Waals surface area contributed by atoms with Crippen molar-refractivity contribution < 1.29 is 14.3 Å². The maximum Gasteiger partial charge on any atom is 0.255 e. The molecule has 2 heterocycles. The molecular formula is C22H22N4O3S. The number of carbonyl (C=O) groups is 2. The second kappa shape index (κ2) is 8.23. The van der Waals surface area contributed by atoms with Gasteiger partial charge in [0.1, 0.15) is 11.6 Å². The van der Waals surface area contributed by atoms with E-state index in [-0.39, 0.29) is 23.0 Å². The number of fused-ring (bicyclic) bond motifs is 1. The smallest absolute Gasteiger partial charge is 0.255 e. The highest BCUT2D eigenvalue weighted by molar-refractivity contribution is 8.01. The monoisotopic (exact) mass is 422 g/mol. The third kappa shape index (κ3) is 3.91. The van der Waals surface area contributed by atoms with Gasteiger partial charge in [0.25, 0.3) is 5.91 Å². The quantitative estimate of drug-likeness (QED) is 0.658. The lowest BCUT2D eigenvalue weighted by Crippen LogP contribution is -2.22. The summed E-state index contributed by atoms with van der Waals surface area (Å²) < 4.78 is 7.15. The second-order valence-corrected chi connectivity index (χ2v) is 8.52. The molecular weight excluding hydrogens is 400 g/mol. The van der Waals surface area contributed by atoms with Crippen LogP contribution in [-0.4, -0.2) is 33.5 Å². The summed E-state index contributed by atoms with van der Waals surface area (Å²) in [6.45, 7) is 3.69. The molecule has 8 heteroatoms. The molecule has 0 unspecified atom stereocenters. The van der Waals surface area contributed by atoms with E-state index in [9.17, 15) is 9.59 Å². The van der Waals surface area contributed by atoms with Crippen LogP contribution in [0.25, 0.3) is 5.69 Å². The minimum absolute atomic E-state index is 0.0535. The molecule has 0 saturated heterocycles. The number of thioether (sulfide) groups is 1. The first-order valence-electron chi connectivity index (χ1n) is 9.56. The van der Waals surface area contributed by atoms with Crippen LogP contribution >= 0.6 is 11.8 Å². The Morgan fingerprint density at radius 3 is 2.57 bits per heavy atom. The summed E-state index contributed by atoms with van der Waals surface area (Å²) in [5.41, 5.74) is 8.88. The Morgan fingerprint density at radius 1 is 1.20 bits per heavy atom. The lowest BCUT2D eigenvalue weighted by molar-refractivity contribution is -0.120. The van der Waals surface area contributed by atoms with E-state index in [4.69, 9.17) is 15.6 Å². The topological polar surface area (TPSA) is 99.2 Å². The van der Waals surface area contributed by atoms with Gasteiger partial charge in [-0.3, -0.25) is 9.59 Å². The van der Waals surface area contributed by atoms with Crippen LogP contribution in [0.5, 0.6) is 5.75 Å². The third-order valence-corrected chi connectivity index (χ3v) is 6.29. The Bertz CT molecular complexity index is 1080. The summed E-state index contributed by atoms with van der Waals surface area (Å²) in [7, 11) is 0. The SMILES string of the molecule is Cc1nn(-c2ccccc2)c2c1[C@H](c1ccc(OCC(N)=O)cc1)S[C@@H](C)C(=O)N2. The number of aryl methyl sites for hydroxylation is 1. The van der Waals surface area contributed by atoms with Crippen molar-refractivity contribution in [2.75, 3.05) is 11.9 Å². The summed E-state index contributed by atoms with van der Waals surface area (Å²) in [6.07, 6.45) is 0. The van der Waals surface area contributed by atoms with Crippen molar-refractivity contribution in [3.63, 3.8) is 0 Å². The molecule has 30 heavy (non-hydrogen) atoms. The first-order chi connectivity index (χ1) is 14.4. The molecule has 0 fully saturated rings. The van der Waals surface area contributed by atoms with Gasteiger partial charge < -0.3 is 15.8 Å². The van der Waals surface area contributed by atoms with Crippen LogP contribution in [0.2, 0.25) is 0 Å². The lowest BCUT2D eigenvalue weighted by atomic mass is 10.0. The van der Waals surface area contributed by atoms with Gasteiger partial charge in [-0.25, -0.2) is 4.68 Å². The highest BCUT2D eigenvalue weighted by Crippen LogP contribution is 2.46. The van der Waals surface area contributed by atoms with Crippen molar-refractivity contribution in [3.05, 3.63) is 71.4 Å². The van der Waals surface area contributed by atoms with Gasteiger partial charge >= 0.3 is 0 Å². The summed E-state index contributed by atoms with van der Waals surface area (Å²) in [6, 6.07) is 17.2. The van der Waals surface area contributed by atoms with E-state index >= 15 is 0 Å². The number of nitrogens with one attached hydrogen (secondary N) is 1. The molecule has 2 atom stereocenters. The van der Waals surface area contributed by atoms with Gasteiger partial charge in [0.05, 0.1) is 21.9 Å². The van der Waals surface area contributed by atoms with Crippen molar-refractivity contribution >= 4 is 29.4 Å². The molecule has 7 nitrogen and oxygen atoms in total. The fourth-order valence-corrected chi connectivity index (χ4v) is 4.74. The van der Waals surface area contributed by atoms with Crippen molar-refractivity contribution in [1.29, 1.82) is 0 Å². The van der Waals surface area contributed by atoms with Crippen LogP contribution in [0.3, 0.4) is 0 Å². The van der Waals surface area contributed by atoms with Gasteiger partial charge in [-0.2, -0.15) is 5.10 Å². The average Bonchev–Trinajstić information content (AvgIpc) is 2.99. The third-order valence-electron chi connectivity index (χ3n) is 4.88. The Kier molecular flexibility index (Phi) is 5.50. The van der Waals surface area contributed by atoms with Crippen LogP contribution in [0.4, 0.5) is 5.82 Å². The van der Waals surface area contributed by atoms with Gasteiger partial charge in [-0.1, -0.05) is 30.3 Å². The molecule has 3 aromatic rings. The van der Waals surface area contributed by atoms with E-state index in [1.165, 1.54) is 0 Å². The number of aromatic nitrogens is 2. The van der Waals surface area contributed by atoms with Crippen LogP contribution in [0.1, 0.15) is 29.0 Å². The van der Waals surface area contributed by atoms with Crippen molar-refractivity contribution in [2.45, 2.75) is 24.3 Å². The largest absolute Gasteiger partial charge is 0.484 e. The van der Waals surface area contributed by atoms with Crippen molar-refractivity contribution in [2.24, 2.45) is 5.73 Å². The summed E-state index contributed by atoms with van der Waals surface area (Å²) in [5.74, 6) is 0.683. The molecule has 2 aromatic carbocycles. The number of amides is 2. The molecule has 0 aliphatic carbocycles. The van der Waals surface area contributed by atoms with E-state index in [0.717, 1.165) is 22.5 Å². The van der Waals surface area contributed by atoms with Crippen LogP contribution in [0, 0.1) is 6.92 Å². The van der Waals surface area contributed by atoms with Crippen molar-refractivity contribution in [1.82, 2.24) is 9.78 Å². The van der Waals surface area contributed by atoms with Gasteiger partial charge in [0, 0.05) is 5.56 Å². The number of anilines is 1. The molecule has 154 valence electrons. The van der Waals surface area contributed by atoms with Crippen LogP contribution < -0.4 is 15.8 Å². The van der Waals surface area contributed by atoms with E-state index in [1.54, 1.807) is 28.6 Å². The second-order valence-electron chi connectivity index (χ2n) is 7.07. The highest BCUT2D eigenvalue weighted by atomic mass is 32.2. The molecule has 2 amide bonds. The number of rotatable bonds is 5. The van der Waals surface area contributed by atoms with Gasteiger partial charge in [-0.15, -0.1) is 11.8 Å². The number of carbonyl (C=O) groups excluding carboxylic acids is 2. The van der Waals surface area contributed by atoms with Gasteiger partial charge in [-0.05, 0) is 43.7 Å². The van der Waals surface area contributed by atoms with Crippen LogP contribution in [0.15, 0.2) is 54.6 Å². The average molecular weight is 423 g/mol. The summed E-state index contributed by atoms with van der Waals surface area (Å²) in [5, 5.41) is 7.46. The predicted molar refractivity (Wildman–Crippen MR) is 117 cm³/mol. The molecule has 0 radical (unpaired) electrons. The normalized spacial score (nSPS) is 18.3. The van der Waals surface area contributed by atoms with E-state index in [1.807, 2.05) is 56.3 Å². The fraction of sp³-hybridized carbons (Fsp3) is 0.227. The number of primary amides is 1. The fourth-order valence-electron chi connectivity index (χ4n) is 3.42. The standard InChI is InChI=1S/C22H22N4O3S/c1-13-19-20(15-8-10-17(11-9-15)29-12-18(23)27)30-14(2)22(28)24-21(19)26(25-13)16-6-4-3-5-7-16/h3-11,14,20H,12H2,1-2H3,(H2,23,27)(H,24,28)/t14-,20-/m0/s1. The molecule has 1 aliphatic rings. The van der Waals surface area contributed by atoms with Gasteiger partial charge in [0.2, 0.25) is 5.91 Å². The molecule has 4 rings (SSSR count). The summed E-state index contributed by atoms with van der Waals surface area (Å²) >= 11 is 1.58. The summed E-state index contributed by atoms with van der Waals surface area (Å²) in [4.78, 5) is 23.6. The molecule has 1 aliphatic heterocycles. The Hall–Kier alpha value is -3.26. The molecule has 3 N–H and O–H groups in total. The van der Waals surface area contributed by atoms with Gasteiger partial charge in [0.15, 0.2) is 6.61 Å². The van der Waals surface area contributed by atoms with E-state index in [0.29, 0.717) is 11.6 Å². The predicted octanol–water partition coefficient (Wildman–Crippen LogP) is 3.21. The minimum Gasteiger partial charge on any atom is -0.484 e. The first-order valence-corrected chi connectivity index (χ1v) is 10.5. The Balaban J connectivity index is 1.76. The number of nitrogens with two attached hydrogens (primary N) is 1. The zero-order valence-electron chi connectivity index (χ0n) is 16.7. The maximum atomic E-state index is 12.7. The number of hydrogen-bond donors (Lipinski definition) is 2. The Morgan fingerprint density at radius 2 is 1.90 bits per heavy atom. The van der Waals surface area contributed by atoms with E-state index in [2.05, 4.69) is 5.32 Å². The van der Waals surface area contributed by atoms with Crippen molar-refractivity contribution in [3.8, 4) is 11.4 Å². The minimum atomic E-state index is -0.523.